The van der Waals surface area contributed by atoms with Crippen LogP contribution in [0.1, 0.15) is 0 Å². The average Bonchev–Trinajstić information content (AvgIpc) is 2.16. The summed E-state index contributed by atoms with van der Waals surface area (Å²) < 4.78 is 6.11. The zero-order valence-corrected chi connectivity index (χ0v) is 11.1. The summed E-state index contributed by atoms with van der Waals surface area (Å²) in [6, 6.07) is 7.79. The number of ether oxygens (including phenoxy) is 1. The van der Waals surface area contributed by atoms with Crippen LogP contribution < -0.4 is 8.14 Å². The first-order chi connectivity index (χ1) is 6.70. The predicted molar refractivity (Wildman–Crippen MR) is 52.9 cm³/mol. The third-order valence-electron chi connectivity index (χ3n) is 1.96. The van der Waals surface area contributed by atoms with Gasteiger partial charge in [-0.1, -0.05) is 0 Å². The molecular weight excluding hydrogens is 396 g/mol. The third kappa shape index (κ3) is 1.84. The summed E-state index contributed by atoms with van der Waals surface area (Å²) >= 11 is 7.53. The molecule has 0 spiro atoms. The zero-order valence-electron chi connectivity index (χ0n) is 7.42. The van der Waals surface area contributed by atoms with E-state index in [2.05, 4.69) is 4.98 Å². The van der Waals surface area contributed by atoms with Crippen molar-refractivity contribution in [1.82, 2.24) is 4.98 Å². The predicted octanol–water partition coefficient (Wildman–Crippen LogP) is 2.07. The van der Waals surface area contributed by atoms with Crippen LogP contribution >= 0.6 is 11.6 Å². The Bertz CT molecular complexity index is 487. The monoisotopic (exact) mass is 402 g/mol. The second kappa shape index (κ2) is 4.00. The van der Waals surface area contributed by atoms with Crippen LogP contribution in [-0.2, 0) is 0 Å². The number of fused-ring (bicyclic) bond motifs is 1. The van der Waals surface area contributed by atoms with Crippen LogP contribution in [0, 0.1) is 24.7 Å². The minimum absolute atomic E-state index is 0.558. The van der Waals surface area contributed by atoms with E-state index in [1.807, 2.05) is 24.3 Å². The number of halogens is 1. The fourth-order valence-electron chi connectivity index (χ4n) is 1.29. The molecule has 72 valence electrons. The summed E-state index contributed by atoms with van der Waals surface area (Å²) in [6.07, 6.45) is 0. The number of pyridine rings is 1. The van der Waals surface area contributed by atoms with Crippen LogP contribution in [0.2, 0.25) is 5.15 Å². The molecule has 0 aliphatic carbocycles. The van der Waals surface area contributed by atoms with Crippen molar-refractivity contribution in [3.63, 3.8) is 0 Å². The Morgan fingerprint density at radius 3 is 2.86 bits per heavy atom. The van der Waals surface area contributed by atoms with Crippen LogP contribution in [0.3, 0.4) is 0 Å². The minimum atomic E-state index is 0.558. The molecule has 1 aromatic heterocycles. The Morgan fingerprint density at radius 1 is 1.36 bits per heavy atom. The quantitative estimate of drug-likeness (QED) is 0.682. The van der Waals surface area contributed by atoms with Gasteiger partial charge in [0.05, 0.1) is 0 Å². The van der Waals surface area contributed by atoms with Crippen LogP contribution in [0.4, 0.5) is 0 Å². The van der Waals surface area contributed by atoms with Crippen molar-refractivity contribution in [1.29, 1.82) is 0 Å². The van der Waals surface area contributed by atoms with Gasteiger partial charge in [0.15, 0.2) is 0 Å². The van der Waals surface area contributed by atoms with Crippen LogP contribution in [0.5, 0.6) is 5.75 Å². The molecule has 2 rings (SSSR count). The normalized spacial score (nSPS) is 10.5. The summed E-state index contributed by atoms with van der Waals surface area (Å²) in [4.78, 5) is 4.21. The van der Waals surface area contributed by atoms with E-state index in [0.29, 0.717) is 5.15 Å². The Kier molecular flexibility index (Phi) is 2.89. The first-order valence-corrected chi connectivity index (χ1v) is 5.85. The summed E-state index contributed by atoms with van der Waals surface area (Å²) in [5.74, 6) is 0.839. The number of benzene rings is 1. The summed E-state index contributed by atoms with van der Waals surface area (Å²) in [6.45, 7) is 0. The molecule has 0 saturated carbocycles. The molecule has 0 radical (unpaired) electrons. The summed E-state index contributed by atoms with van der Waals surface area (Å²) in [5, 5.41) is 2.59. The molecule has 0 amide bonds. The second-order valence-corrected chi connectivity index (χ2v) is 4.69. The van der Waals surface area contributed by atoms with E-state index < -0.39 is 0 Å². The summed E-state index contributed by atoms with van der Waals surface area (Å²) in [5.41, 5.74) is 0. The van der Waals surface area contributed by atoms with E-state index in [1.54, 1.807) is 7.11 Å². The van der Waals surface area contributed by atoms with Crippen molar-refractivity contribution in [2.75, 3.05) is 7.11 Å². The molecule has 1 heterocycles. The second-order valence-electron chi connectivity index (χ2n) is 2.82. The molecule has 2 aromatic rings. The van der Waals surface area contributed by atoms with Gasteiger partial charge in [0, 0.05) is 0 Å². The SMILES string of the molecule is COc1ccc2c(Cl)nc([At])cc2c1. The average molecular weight is 403 g/mol. The van der Waals surface area contributed by atoms with Crippen molar-refractivity contribution in [2.24, 2.45) is 0 Å². The fourth-order valence-corrected chi connectivity index (χ4v) is 2.54. The van der Waals surface area contributed by atoms with Crippen molar-refractivity contribution < 1.29 is 29.5 Å². The molecule has 1 aromatic carbocycles. The molecule has 2 nitrogen and oxygen atoms in total. The van der Waals surface area contributed by atoms with Crippen molar-refractivity contribution in [3.8, 4) is 5.75 Å². The van der Waals surface area contributed by atoms with E-state index in [9.17, 15) is 0 Å². The van der Waals surface area contributed by atoms with Gasteiger partial charge in [-0.2, -0.15) is 0 Å². The number of nitrogens with zero attached hydrogens (tertiary/aromatic N) is 1. The Morgan fingerprint density at radius 2 is 2.14 bits per heavy atom. The topological polar surface area (TPSA) is 22.1 Å². The number of rotatable bonds is 1. The number of hydrogen-bond acceptors (Lipinski definition) is 2. The number of hydrogen-bond donors (Lipinski definition) is 0. The molecule has 0 N–H and O–H groups in total. The standard InChI is InChI=1S/C10H7AtClNO/c1-14-7-2-3-8-6(4-7)5-9(11)13-10(8)12/h2-5H,1H3. The van der Waals surface area contributed by atoms with E-state index in [1.165, 1.54) is 24.7 Å². The van der Waals surface area contributed by atoms with Gasteiger partial charge in [-0.25, -0.2) is 0 Å². The van der Waals surface area contributed by atoms with Crippen LogP contribution in [-0.4, -0.2) is 12.1 Å². The summed E-state index contributed by atoms with van der Waals surface area (Å²) in [7, 11) is 1.65. The molecule has 0 aliphatic heterocycles. The third-order valence-corrected chi connectivity index (χ3v) is 3.00. The maximum atomic E-state index is 6.01. The van der Waals surface area contributed by atoms with Crippen molar-refractivity contribution in [3.05, 3.63) is 29.4 Å². The maximum absolute atomic E-state index is 6.01. The van der Waals surface area contributed by atoms with Gasteiger partial charge in [0.1, 0.15) is 0 Å². The van der Waals surface area contributed by atoms with Gasteiger partial charge in [0.2, 0.25) is 0 Å². The molecule has 0 bridgehead atoms. The van der Waals surface area contributed by atoms with Crippen LogP contribution in [0.25, 0.3) is 10.8 Å². The van der Waals surface area contributed by atoms with E-state index in [0.717, 1.165) is 19.9 Å². The molecule has 4 heteroatoms. The van der Waals surface area contributed by atoms with Gasteiger partial charge in [-0.05, 0) is 0 Å². The first kappa shape index (κ1) is 10.1. The first-order valence-electron chi connectivity index (χ1n) is 4.00. The number of aromatic nitrogens is 1. The van der Waals surface area contributed by atoms with Crippen molar-refractivity contribution >= 4 is 25.8 Å². The Hall–Kier alpha value is -0.397. The van der Waals surface area contributed by atoms with Gasteiger partial charge in [-0.3, -0.25) is 0 Å². The Balaban J connectivity index is 2.75. The van der Waals surface area contributed by atoms with E-state index >= 15 is 0 Å². The molecular formula is C10H7AtClNO. The molecule has 0 aliphatic rings. The molecule has 14 heavy (non-hydrogen) atoms. The van der Waals surface area contributed by atoms with E-state index in [-0.39, 0.29) is 0 Å². The molecule has 0 atom stereocenters. The van der Waals surface area contributed by atoms with E-state index in [4.69, 9.17) is 16.3 Å². The van der Waals surface area contributed by atoms with Gasteiger partial charge < -0.3 is 0 Å². The molecule has 0 saturated heterocycles. The van der Waals surface area contributed by atoms with Gasteiger partial charge >= 0.3 is 102 Å². The molecule has 0 fully saturated rings. The van der Waals surface area contributed by atoms with Gasteiger partial charge in [0.25, 0.3) is 0 Å². The Labute approximate surface area is 102 Å². The van der Waals surface area contributed by atoms with Crippen molar-refractivity contribution in [2.45, 2.75) is 0 Å². The van der Waals surface area contributed by atoms with Crippen LogP contribution in [0.15, 0.2) is 24.3 Å². The zero-order chi connectivity index (χ0) is 10.1. The van der Waals surface area contributed by atoms with Gasteiger partial charge in [-0.15, -0.1) is 0 Å². The number of methoxy groups -OCH3 is 1. The fraction of sp³-hybridized carbons (Fsp3) is 0.100. The molecule has 0 unspecified atom stereocenters.